The average Bonchev–Trinajstić information content (AvgIpc) is 2.39. The van der Waals surface area contributed by atoms with Crippen molar-refractivity contribution in [3.05, 3.63) is 41.6 Å². The lowest BCUT2D eigenvalue weighted by molar-refractivity contribution is 0.0692. The third-order valence-electron chi connectivity index (χ3n) is 2.78. The van der Waals surface area contributed by atoms with E-state index in [4.69, 9.17) is 15.6 Å². The van der Waals surface area contributed by atoms with Gasteiger partial charge >= 0.3 is 5.97 Å². The Kier molecular flexibility index (Phi) is 4.25. The summed E-state index contributed by atoms with van der Waals surface area (Å²) in [6.07, 6.45) is -0.143. The summed E-state index contributed by atoms with van der Waals surface area (Å²) < 4.78 is 33.4. The minimum absolute atomic E-state index is 0.143. The molecular weight excluding hydrogens is 294 g/mol. The number of carboxylic acid groups (broad SMARTS) is 1. The van der Waals surface area contributed by atoms with Crippen LogP contribution in [-0.2, 0) is 0 Å². The molecular formula is C15H14F2N2O3. The van der Waals surface area contributed by atoms with Gasteiger partial charge in [0.2, 0.25) is 0 Å². The van der Waals surface area contributed by atoms with Crippen molar-refractivity contribution in [2.45, 2.75) is 20.0 Å². The van der Waals surface area contributed by atoms with Crippen molar-refractivity contribution in [3.8, 4) is 17.0 Å². The number of aromatic carboxylic acids is 1. The van der Waals surface area contributed by atoms with Gasteiger partial charge in [-0.25, -0.2) is 18.6 Å². The molecule has 0 aliphatic heterocycles. The number of nitrogens with two attached hydrogens (primary N) is 1. The standard InChI is InChI=1S/C15H14F2N2O3/c1-7(2)22-8-3-4-9(10(16)5-8)13-11(17)6-12(18)14(19-13)15(20)21/h3-7H,18H2,1-2H3,(H,20,21). The van der Waals surface area contributed by atoms with Gasteiger partial charge in [0, 0.05) is 17.7 Å². The number of pyridine rings is 1. The molecule has 2 rings (SSSR count). The summed E-state index contributed by atoms with van der Waals surface area (Å²) in [5.41, 5.74) is 3.95. The van der Waals surface area contributed by atoms with E-state index in [9.17, 15) is 13.6 Å². The van der Waals surface area contributed by atoms with E-state index < -0.39 is 29.0 Å². The molecule has 1 aromatic heterocycles. The fourth-order valence-electron chi connectivity index (χ4n) is 1.90. The van der Waals surface area contributed by atoms with Crippen molar-refractivity contribution in [1.29, 1.82) is 0 Å². The van der Waals surface area contributed by atoms with Gasteiger partial charge in [-0.05, 0) is 26.0 Å². The summed E-state index contributed by atoms with van der Waals surface area (Å²) in [6.45, 7) is 3.57. The van der Waals surface area contributed by atoms with Crippen molar-refractivity contribution in [2.24, 2.45) is 0 Å². The van der Waals surface area contributed by atoms with Crippen LogP contribution in [-0.4, -0.2) is 22.2 Å². The molecule has 1 aromatic carbocycles. The fraction of sp³-hybridized carbons (Fsp3) is 0.200. The highest BCUT2D eigenvalue weighted by Crippen LogP contribution is 2.29. The molecule has 0 aliphatic rings. The highest BCUT2D eigenvalue weighted by molar-refractivity contribution is 5.92. The van der Waals surface area contributed by atoms with Crippen LogP contribution >= 0.6 is 0 Å². The first-order valence-corrected chi connectivity index (χ1v) is 6.45. The van der Waals surface area contributed by atoms with E-state index >= 15 is 0 Å². The summed E-state index contributed by atoms with van der Waals surface area (Å²) in [5.74, 6) is -2.81. The Morgan fingerprint density at radius 3 is 2.50 bits per heavy atom. The third kappa shape index (κ3) is 3.13. The van der Waals surface area contributed by atoms with Crippen LogP contribution in [0, 0.1) is 11.6 Å². The molecule has 0 radical (unpaired) electrons. The van der Waals surface area contributed by atoms with Crippen molar-refractivity contribution in [3.63, 3.8) is 0 Å². The Morgan fingerprint density at radius 1 is 1.27 bits per heavy atom. The van der Waals surface area contributed by atoms with Gasteiger partial charge in [0.25, 0.3) is 0 Å². The van der Waals surface area contributed by atoms with Crippen LogP contribution in [0.1, 0.15) is 24.3 Å². The van der Waals surface area contributed by atoms with Crippen LogP contribution in [0.25, 0.3) is 11.3 Å². The van der Waals surface area contributed by atoms with Crippen LogP contribution in [0.4, 0.5) is 14.5 Å². The molecule has 2 aromatic rings. The number of ether oxygens (including phenoxy) is 1. The quantitative estimate of drug-likeness (QED) is 0.906. The number of anilines is 1. The van der Waals surface area contributed by atoms with Crippen LogP contribution in [0.3, 0.4) is 0 Å². The van der Waals surface area contributed by atoms with Gasteiger partial charge in [0.05, 0.1) is 11.8 Å². The second kappa shape index (κ2) is 5.97. The van der Waals surface area contributed by atoms with Crippen LogP contribution in [0.15, 0.2) is 24.3 Å². The molecule has 116 valence electrons. The zero-order chi connectivity index (χ0) is 16.4. The van der Waals surface area contributed by atoms with Gasteiger partial charge in [-0.2, -0.15) is 0 Å². The number of hydrogen-bond acceptors (Lipinski definition) is 4. The molecule has 0 saturated carbocycles. The lowest BCUT2D eigenvalue weighted by Crippen LogP contribution is -2.09. The maximum absolute atomic E-state index is 14.1. The molecule has 1 heterocycles. The van der Waals surface area contributed by atoms with Crippen LogP contribution in [0.2, 0.25) is 0 Å². The first kappa shape index (κ1) is 15.7. The van der Waals surface area contributed by atoms with Gasteiger partial charge in [-0.3, -0.25) is 0 Å². The number of carbonyl (C=O) groups is 1. The maximum Gasteiger partial charge on any atom is 0.356 e. The van der Waals surface area contributed by atoms with Gasteiger partial charge in [0.15, 0.2) is 11.5 Å². The van der Waals surface area contributed by atoms with Crippen molar-refractivity contribution in [2.75, 3.05) is 5.73 Å². The van der Waals surface area contributed by atoms with Gasteiger partial charge in [-0.1, -0.05) is 0 Å². The van der Waals surface area contributed by atoms with E-state index in [-0.39, 0.29) is 23.1 Å². The second-order valence-electron chi connectivity index (χ2n) is 4.87. The number of carboxylic acids is 1. The van der Waals surface area contributed by atoms with Crippen molar-refractivity contribution >= 4 is 11.7 Å². The predicted octanol–water partition coefficient (Wildman–Crippen LogP) is 3.09. The largest absolute Gasteiger partial charge is 0.491 e. The van der Waals surface area contributed by atoms with Crippen molar-refractivity contribution < 1.29 is 23.4 Å². The van der Waals surface area contributed by atoms with Crippen LogP contribution in [0.5, 0.6) is 5.75 Å². The van der Waals surface area contributed by atoms with E-state index in [0.717, 1.165) is 12.1 Å². The van der Waals surface area contributed by atoms with Crippen molar-refractivity contribution in [1.82, 2.24) is 4.98 Å². The monoisotopic (exact) mass is 308 g/mol. The second-order valence-corrected chi connectivity index (χ2v) is 4.87. The minimum Gasteiger partial charge on any atom is -0.491 e. The number of halogens is 2. The predicted molar refractivity (Wildman–Crippen MR) is 76.7 cm³/mol. The summed E-state index contributed by atoms with van der Waals surface area (Å²) in [5, 5.41) is 8.96. The van der Waals surface area contributed by atoms with Crippen LogP contribution < -0.4 is 10.5 Å². The number of nitrogen functional groups attached to an aromatic ring is 1. The zero-order valence-electron chi connectivity index (χ0n) is 11.9. The Morgan fingerprint density at radius 2 is 1.95 bits per heavy atom. The molecule has 0 saturated heterocycles. The summed E-state index contributed by atoms with van der Waals surface area (Å²) >= 11 is 0. The molecule has 22 heavy (non-hydrogen) atoms. The Balaban J connectivity index is 2.52. The molecule has 0 amide bonds. The van der Waals surface area contributed by atoms with E-state index in [2.05, 4.69) is 4.98 Å². The summed E-state index contributed by atoms with van der Waals surface area (Å²) in [7, 11) is 0. The molecule has 0 atom stereocenters. The average molecular weight is 308 g/mol. The number of aromatic nitrogens is 1. The molecule has 7 heteroatoms. The van der Waals surface area contributed by atoms with E-state index in [1.165, 1.54) is 12.1 Å². The van der Waals surface area contributed by atoms with E-state index in [0.29, 0.717) is 0 Å². The molecule has 5 nitrogen and oxygen atoms in total. The number of rotatable bonds is 4. The molecule has 0 bridgehead atoms. The Labute approximate surface area is 125 Å². The number of nitrogens with zero attached hydrogens (tertiary/aromatic N) is 1. The first-order chi connectivity index (χ1) is 10.3. The Hall–Kier alpha value is -2.70. The third-order valence-corrected chi connectivity index (χ3v) is 2.78. The number of benzene rings is 1. The zero-order valence-corrected chi connectivity index (χ0v) is 11.9. The lowest BCUT2D eigenvalue weighted by atomic mass is 10.1. The molecule has 0 fully saturated rings. The SMILES string of the molecule is CC(C)Oc1ccc(-c2nc(C(=O)O)c(N)cc2F)c(F)c1. The summed E-state index contributed by atoms with van der Waals surface area (Å²) in [6, 6.07) is 4.63. The van der Waals surface area contributed by atoms with E-state index in [1.54, 1.807) is 13.8 Å². The topological polar surface area (TPSA) is 85.4 Å². The highest BCUT2D eigenvalue weighted by atomic mass is 19.1. The summed E-state index contributed by atoms with van der Waals surface area (Å²) in [4.78, 5) is 14.6. The molecule has 3 N–H and O–H groups in total. The highest BCUT2D eigenvalue weighted by Gasteiger charge is 2.19. The first-order valence-electron chi connectivity index (χ1n) is 6.45. The minimum atomic E-state index is -1.42. The normalized spacial score (nSPS) is 10.8. The molecule has 0 unspecified atom stereocenters. The van der Waals surface area contributed by atoms with E-state index in [1.807, 2.05) is 0 Å². The maximum atomic E-state index is 14.1. The van der Waals surface area contributed by atoms with Gasteiger partial charge < -0.3 is 15.6 Å². The van der Waals surface area contributed by atoms with Gasteiger partial charge in [0.1, 0.15) is 17.3 Å². The lowest BCUT2D eigenvalue weighted by Gasteiger charge is -2.12. The fourth-order valence-corrected chi connectivity index (χ4v) is 1.90. The van der Waals surface area contributed by atoms with Gasteiger partial charge in [-0.15, -0.1) is 0 Å². The number of hydrogen-bond donors (Lipinski definition) is 2. The Bertz CT molecular complexity index is 733. The smallest absolute Gasteiger partial charge is 0.356 e. The molecule has 0 aliphatic carbocycles. The molecule has 0 spiro atoms.